The number of morpholine rings is 1. The van der Waals surface area contributed by atoms with Crippen LogP contribution in [0, 0.1) is 0 Å². The first-order chi connectivity index (χ1) is 5.95. The molecule has 0 aliphatic carbocycles. The summed E-state index contributed by atoms with van der Waals surface area (Å²) in [5.41, 5.74) is 0. The Kier molecular flexibility index (Phi) is 2.94. The van der Waals surface area contributed by atoms with Crippen molar-refractivity contribution in [3.8, 4) is 0 Å². The molecule has 2 aliphatic heterocycles. The number of hydrogen-bond acceptors (Lipinski definition) is 4. The Morgan fingerprint density at radius 1 is 1.25 bits per heavy atom. The van der Waals surface area contributed by atoms with Crippen molar-refractivity contribution in [2.75, 3.05) is 46.0 Å². The van der Waals surface area contributed by atoms with Gasteiger partial charge in [-0.05, 0) is 0 Å². The standard InChI is InChI=1S/C8H16N2O2/c1-4-12-8(9-1)7-10-2-5-11-6-3-10/h8-9H,1-7H2. The van der Waals surface area contributed by atoms with E-state index in [0.29, 0.717) is 0 Å². The lowest BCUT2D eigenvalue weighted by Gasteiger charge is -2.28. The van der Waals surface area contributed by atoms with Crippen molar-refractivity contribution in [2.45, 2.75) is 6.23 Å². The molecule has 2 rings (SSSR count). The van der Waals surface area contributed by atoms with Gasteiger partial charge >= 0.3 is 0 Å². The Morgan fingerprint density at radius 2 is 2.08 bits per heavy atom. The lowest BCUT2D eigenvalue weighted by Crippen LogP contribution is -2.44. The van der Waals surface area contributed by atoms with Crippen molar-refractivity contribution in [3.05, 3.63) is 0 Å². The molecule has 2 heterocycles. The van der Waals surface area contributed by atoms with Crippen LogP contribution in [0.1, 0.15) is 0 Å². The molecule has 12 heavy (non-hydrogen) atoms. The molecule has 4 heteroatoms. The average Bonchev–Trinajstić information content (AvgIpc) is 2.59. The highest BCUT2D eigenvalue weighted by atomic mass is 16.5. The predicted molar refractivity (Wildman–Crippen MR) is 45.0 cm³/mol. The fraction of sp³-hybridized carbons (Fsp3) is 1.00. The summed E-state index contributed by atoms with van der Waals surface area (Å²) in [6.07, 6.45) is 0.253. The maximum absolute atomic E-state index is 5.46. The zero-order valence-electron chi connectivity index (χ0n) is 7.29. The molecule has 0 radical (unpaired) electrons. The molecule has 4 nitrogen and oxygen atoms in total. The maximum atomic E-state index is 5.46. The van der Waals surface area contributed by atoms with Crippen LogP contribution in [0.5, 0.6) is 0 Å². The van der Waals surface area contributed by atoms with Crippen molar-refractivity contribution in [2.24, 2.45) is 0 Å². The number of nitrogens with one attached hydrogen (secondary N) is 1. The highest BCUT2D eigenvalue weighted by Crippen LogP contribution is 2.02. The molecule has 2 aliphatic rings. The summed E-state index contributed by atoms with van der Waals surface area (Å²) >= 11 is 0. The Morgan fingerprint density at radius 3 is 2.75 bits per heavy atom. The van der Waals surface area contributed by atoms with Crippen LogP contribution in [0.25, 0.3) is 0 Å². The Bertz CT molecular complexity index is 131. The summed E-state index contributed by atoms with van der Waals surface area (Å²) in [5, 5.41) is 3.30. The summed E-state index contributed by atoms with van der Waals surface area (Å²) in [4.78, 5) is 2.38. The van der Waals surface area contributed by atoms with Crippen LogP contribution in [0.4, 0.5) is 0 Å². The van der Waals surface area contributed by atoms with Crippen LogP contribution in [-0.2, 0) is 9.47 Å². The average molecular weight is 172 g/mol. The molecule has 0 amide bonds. The van der Waals surface area contributed by atoms with Gasteiger partial charge in [0.15, 0.2) is 0 Å². The Balaban J connectivity index is 1.69. The molecule has 0 aromatic carbocycles. The fourth-order valence-electron chi connectivity index (χ4n) is 1.62. The van der Waals surface area contributed by atoms with E-state index in [-0.39, 0.29) is 6.23 Å². The third-order valence-electron chi connectivity index (χ3n) is 2.32. The maximum Gasteiger partial charge on any atom is 0.121 e. The first-order valence-electron chi connectivity index (χ1n) is 4.60. The van der Waals surface area contributed by atoms with Crippen molar-refractivity contribution in [1.29, 1.82) is 0 Å². The van der Waals surface area contributed by atoms with Gasteiger partial charge in [0.05, 0.1) is 19.8 Å². The van der Waals surface area contributed by atoms with Crippen LogP contribution in [0.2, 0.25) is 0 Å². The Hall–Kier alpha value is -0.160. The molecule has 2 fully saturated rings. The zero-order valence-corrected chi connectivity index (χ0v) is 7.29. The van der Waals surface area contributed by atoms with Gasteiger partial charge in [0.2, 0.25) is 0 Å². The first-order valence-corrected chi connectivity index (χ1v) is 4.60. The molecule has 2 saturated heterocycles. The molecule has 0 aromatic rings. The minimum absolute atomic E-state index is 0.253. The SMILES string of the molecule is C1COC(CN2CCOCC2)N1. The molecule has 70 valence electrons. The summed E-state index contributed by atoms with van der Waals surface area (Å²) in [6.45, 7) is 6.68. The fourth-order valence-corrected chi connectivity index (χ4v) is 1.62. The quantitative estimate of drug-likeness (QED) is 0.595. The van der Waals surface area contributed by atoms with Gasteiger partial charge < -0.3 is 9.47 Å². The molecule has 1 N–H and O–H groups in total. The monoisotopic (exact) mass is 172 g/mol. The van der Waals surface area contributed by atoms with E-state index in [2.05, 4.69) is 10.2 Å². The number of nitrogens with zero attached hydrogens (tertiary/aromatic N) is 1. The van der Waals surface area contributed by atoms with Crippen LogP contribution in [0.3, 0.4) is 0 Å². The predicted octanol–water partition coefficient (Wildman–Crippen LogP) is -0.735. The van der Waals surface area contributed by atoms with Gasteiger partial charge in [0.25, 0.3) is 0 Å². The van der Waals surface area contributed by atoms with Crippen LogP contribution in [-0.4, -0.2) is 57.1 Å². The molecule has 0 bridgehead atoms. The van der Waals surface area contributed by atoms with Gasteiger partial charge in [0.1, 0.15) is 6.23 Å². The highest BCUT2D eigenvalue weighted by molar-refractivity contribution is 4.70. The van der Waals surface area contributed by atoms with E-state index >= 15 is 0 Å². The number of ether oxygens (including phenoxy) is 2. The van der Waals surface area contributed by atoms with E-state index in [1.165, 1.54) is 0 Å². The van der Waals surface area contributed by atoms with E-state index in [0.717, 1.165) is 46.0 Å². The second-order valence-electron chi connectivity index (χ2n) is 3.23. The van der Waals surface area contributed by atoms with E-state index in [9.17, 15) is 0 Å². The normalized spacial score (nSPS) is 32.5. The minimum Gasteiger partial charge on any atom is -0.379 e. The summed E-state index contributed by atoms with van der Waals surface area (Å²) < 4.78 is 10.7. The van der Waals surface area contributed by atoms with Gasteiger partial charge in [0, 0.05) is 26.2 Å². The zero-order chi connectivity index (χ0) is 8.23. The molecular formula is C8H16N2O2. The second-order valence-corrected chi connectivity index (χ2v) is 3.23. The van der Waals surface area contributed by atoms with Crippen LogP contribution < -0.4 is 5.32 Å². The van der Waals surface area contributed by atoms with Gasteiger partial charge in [-0.2, -0.15) is 0 Å². The summed E-state index contributed by atoms with van der Waals surface area (Å²) in [6, 6.07) is 0. The van der Waals surface area contributed by atoms with Gasteiger partial charge in [-0.3, -0.25) is 10.2 Å². The largest absolute Gasteiger partial charge is 0.379 e. The number of hydrogen-bond donors (Lipinski definition) is 1. The van der Waals surface area contributed by atoms with E-state index in [1.807, 2.05) is 0 Å². The van der Waals surface area contributed by atoms with Gasteiger partial charge in [-0.15, -0.1) is 0 Å². The summed E-state index contributed by atoms with van der Waals surface area (Å²) in [7, 11) is 0. The lowest BCUT2D eigenvalue weighted by molar-refractivity contribution is 0.00318. The van der Waals surface area contributed by atoms with Crippen LogP contribution in [0.15, 0.2) is 0 Å². The smallest absolute Gasteiger partial charge is 0.121 e. The van der Waals surface area contributed by atoms with Gasteiger partial charge in [-0.25, -0.2) is 0 Å². The molecule has 0 aromatic heterocycles. The van der Waals surface area contributed by atoms with Crippen molar-refractivity contribution in [3.63, 3.8) is 0 Å². The third kappa shape index (κ3) is 2.17. The highest BCUT2D eigenvalue weighted by Gasteiger charge is 2.19. The van der Waals surface area contributed by atoms with E-state index < -0.39 is 0 Å². The minimum atomic E-state index is 0.253. The van der Waals surface area contributed by atoms with Crippen molar-refractivity contribution in [1.82, 2.24) is 10.2 Å². The van der Waals surface area contributed by atoms with Crippen LogP contribution >= 0.6 is 0 Å². The van der Waals surface area contributed by atoms with E-state index in [1.54, 1.807) is 0 Å². The van der Waals surface area contributed by atoms with Crippen molar-refractivity contribution >= 4 is 0 Å². The first kappa shape index (κ1) is 8.44. The summed E-state index contributed by atoms with van der Waals surface area (Å²) in [5.74, 6) is 0. The lowest BCUT2D eigenvalue weighted by atomic mass is 10.4. The molecule has 0 saturated carbocycles. The van der Waals surface area contributed by atoms with E-state index in [4.69, 9.17) is 9.47 Å². The molecule has 0 spiro atoms. The molecular weight excluding hydrogens is 156 g/mol. The third-order valence-corrected chi connectivity index (χ3v) is 2.32. The molecule has 1 atom stereocenters. The number of rotatable bonds is 2. The van der Waals surface area contributed by atoms with Crippen molar-refractivity contribution < 1.29 is 9.47 Å². The van der Waals surface area contributed by atoms with Gasteiger partial charge in [-0.1, -0.05) is 0 Å². The second kappa shape index (κ2) is 4.18. The Labute approximate surface area is 72.8 Å². The molecule has 1 unspecified atom stereocenters. The topological polar surface area (TPSA) is 33.7 Å².